The standard InChI is InChI=1S/C15H22ClN3O/c16-14-6-2-1-5-13(14)9-18-15(20)11-19-7-3-4-12(8-17)10-19/h1-2,5-6,12H,3-4,7-11,17H2,(H,18,20). The van der Waals surface area contributed by atoms with Crippen LogP contribution < -0.4 is 11.1 Å². The molecule has 0 aliphatic carbocycles. The van der Waals surface area contributed by atoms with Gasteiger partial charge in [0, 0.05) is 18.1 Å². The topological polar surface area (TPSA) is 58.4 Å². The molecular weight excluding hydrogens is 274 g/mol. The monoisotopic (exact) mass is 295 g/mol. The molecule has 0 spiro atoms. The number of nitrogens with zero attached hydrogens (tertiary/aromatic N) is 1. The second-order valence-electron chi connectivity index (χ2n) is 5.35. The molecule has 0 saturated carbocycles. The summed E-state index contributed by atoms with van der Waals surface area (Å²) in [6.45, 7) is 3.54. The van der Waals surface area contributed by atoms with Gasteiger partial charge in [0.25, 0.3) is 0 Å². The van der Waals surface area contributed by atoms with E-state index >= 15 is 0 Å². The van der Waals surface area contributed by atoms with Gasteiger partial charge in [-0.25, -0.2) is 0 Å². The van der Waals surface area contributed by atoms with Gasteiger partial charge in [-0.2, -0.15) is 0 Å². The summed E-state index contributed by atoms with van der Waals surface area (Å²) in [4.78, 5) is 14.1. The van der Waals surface area contributed by atoms with Crippen molar-refractivity contribution in [1.82, 2.24) is 10.2 Å². The van der Waals surface area contributed by atoms with Crippen LogP contribution in [0.5, 0.6) is 0 Å². The Kier molecular flexibility index (Phi) is 5.83. The zero-order valence-electron chi connectivity index (χ0n) is 11.6. The number of benzene rings is 1. The third-order valence-corrected chi connectivity index (χ3v) is 4.11. The van der Waals surface area contributed by atoms with Crippen molar-refractivity contribution in [3.05, 3.63) is 34.9 Å². The number of carbonyl (C=O) groups is 1. The highest BCUT2D eigenvalue weighted by Crippen LogP contribution is 2.15. The van der Waals surface area contributed by atoms with E-state index in [0.29, 0.717) is 30.6 Å². The molecule has 1 aromatic rings. The van der Waals surface area contributed by atoms with Gasteiger partial charge < -0.3 is 11.1 Å². The Labute approximate surface area is 125 Å². The van der Waals surface area contributed by atoms with Crippen LogP contribution in [0.1, 0.15) is 18.4 Å². The second kappa shape index (κ2) is 7.62. The lowest BCUT2D eigenvalue weighted by molar-refractivity contribution is -0.122. The first-order valence-electron chi connectivity index (χ1n) is 7.11. The van der Waals surface area contributed by atoms with Crippen molar-refractivity contribution in [2.24, 2.45) is 11.7 Å². The van der Waals surface area contributed by atoms with E-state index in [4.69, 9.17) is 17.3 Å². The molecule has 3 N–H and O–H groups in total. The van der Waals surface area contributed by atoms with Crippen LogP contribution in [-0.4, -0.2) is 37.0 Å². The molecule has 1 unspecified atom stereocenters. The molecule has 1 aliphatic heterocycles. The van der Waals surface area contributed by atoms with Crippen molar-refractivity contribution < 1.29 is 4.79 Å². The van der Waals surface area contributed by atoms with Gasteiger partial charge in [0.2, 0.25) is 5.91 Å². The quantitative estimate of drug-likeness (QED) is 0.868. The first kappa shape index (κ1) is 15.3. The third kappa shape index (κ3) is 4.47. The lowest BCUT2D eigenvalue weighted by atomic mass is 9.98. The molecule has 110 valence electrons. The minimum Gasteiger partial charge on any atom is -0.351 e. The first-order valence-corrected chi connectivity index (χ1v) is 7.49. The number of rotatable bonds is 5. The van der Waals surface area contributed by atoms with E-state index in [0.717, 1.165) is 25.1 Å². The highest BCUT2D eigenvalue weighted by molar-refractivity contribution is 6.31. The third-order valence-electron chi connectivity index (χ3n) is 3.74. The molecule has 1 aliphatic rings. The number of amides is 1. The molecule has 20 heavy (non-hydrogen) atoms. The maximum absolute atomic E-state index is 12.0. The summed E-state index contributed by atoms with van der Waals surface area (Å²) in [5, 5.41) is 3.61. The van der Waals surface area contributed by atoms with E-state index in [2.05, 4.69) is 10.2 Å². The number of likely N-dealkylation sites (tertiary alicyclic amines) is 1. The average Bonchev–Trinajstić information content (AvgIpc) is 2.46. The summed E-state index contributed by atoms with van der Waals surface area (Å²) in [5.74, 6) is 0.572. The van der Waals surface area contributed by atoms with Gasteiger partial charge in [0.1, 0.15) is 0 Å². The number of hydrogen-bond donors (Lipinski definition) is 2. The summed E-state index contributed by atoms with van der Waals surface area (Å²) in [5.41, 5.74) is 6.65. The van der Waals surface area contributed by atoms with Crippen LogP contribution in [-0.2, 0) is 11.3 Å². The van der Waals surface area contributed by atoms with E-state index in [1.165, 1.54) is 6.42 Å². The molecular formula is C15H22ClN3O. The highest BCUT2D eigenvalue weighted by Gasteiger charge is 2.20. The molecule has 1 amide bonds. The number of halogens is 1. The van der Waals surface area contributed by atoms with E-state index in [-0.39, 0.29) is 5.91 Å². The average molecular weight is 296 g/mol. The molecule has 1 aromatic carbocycles. The highest BCUT2D eigenvalue weighted by atomic mass is 35.5. The summed E-state index contributed by atoms with van der Waals surface area (Å²) in [7, 11) is 0. The normalized spacial score (nSPS) is 19.8. The Balaban J connectivity index is 1.77. The number of nitrogens with two attached hydrogens (primary N) is 1. The van der Waals surface area contributed by atoms with E-state index < -0.39 is 0 Å². The van der Waals surface area contributed by atoms with Crippen molar-refractivity contribution >= 4 is 17.5 Å². The number of hydrogen-bond acceptors (Lipinski definition) is 3. The Morgan fingerprint density at radius 1 is 1.45 bits per heavy atom. The second-order valence-corrected chi connectivity index (χ2v) is 5.75. The summed E-state index contributed by atoms with van der Waals surface area (Å²) in [6.07, 6.45) is 2.30. The van der Waals surface area contributed by atoms with Crippen LogP contribution in [0.15, 0.2) is 24.3 Å². The fraction of sp³-hybridized carbons (Fsp3) is 0.533. The maximum atomic E-state index is 12.0. The van der Waals surface area contributed by atoms with Crippen molar-refractivity contribution in [2.45, 2.75) is 19.4 Å². The molecule has 1 heterocycles. The Bertz CT molecular complexity index is 452. The molecule has 1 fully saturated rings. The minimum atomic E-state index is 0.0441. The smallest absolute Gasteiger partial charge is 0.234 e. The fourth-order valence-corrected chi connectivity index (χ4v) is 2.78. The predicted octanol–water partition coefficient (Wildman–Crippen LogP) is 1.63. The summed E-state index contributed by atoms with van der Waals surface area (Å²) in [6, 6.07) is 7.56. The molecule has 0 aromatic heterocycles. The van der Waals surface area contributed by atoms with Crippen molar-refractivity contribution in [2.75, 3.05) is 26.2 Å². The van der Waals surface area contributed by atoms with Crippen molar-refractivity contribution in [1.29, 1.82) is 0 Å². The number of nitrogens with one attached hydrogen (secondary N) is 1. The molecule has 1 atom stereocenters. The molecule has 0 radical (unpaired) electrons. The summed E-state index contributed by atoms with van der Waals surface area (Å²) < 4.78 is 0. The zero-order chi connectivity index (χ0) is 14.4. The van der Waals surface area contributed by atoms with Crippen LogP contribution in [0.4, 0.5) is 0 Å². The van der Waals surface area contributed by atoms with Gasteiger partial charge in [-0.15, -0.1) is 0 Å². The lowest BCUT2D eigenvalue weighted by Gasteiger charge is -2.31. The van der Waals surface area contributed by atoms with Crippen molar-refractivity contribution in [3.63, 3.8) is 0 Å². The van der Waals surface area contributed by atoms with E-state index in [9.17, 15) is 4.79 Å². The van der Waals surface area contributed by atoms with Gasteiger partial charge in [-0.1, -0.05) is 29.8 Å². The Hall–Kier alpha value is -1.10. The fourth-order valence-electron chi connectivity index (χ4n) is 2.58. The van der Waals surface area contributed by atoms with Gasteiger partial charge in [0.15, 0.2) is 0 Å². The molecule has 5 heteroatoms. The van der Waals surface area contributed by atoms with Crippen LogP contribution in [0.3, 0.4) is 0 Å². The van der Waals surface area contributed by atoms with E-state index in [1.54, 1.807) is 0 Å². The van der Waals surface area contributed by atoms with Crippen LogP contribution in [0.25, 0.3) is 0 Å². The van der Waals surface area contributed by atoms with Crippen LogP contribution in [0, 0.1) is 5.92 Å². The van der Waals surface area contributed by atoms with Gasteiger partial charge in [-0.05, 0) is 43.5 Å². The lowest BCUT2D eigenvalue weighted by Crippen LogP contribution is -2.43. The Morgan fingerprint density at radius 3 is 3.00 bits per heavy atom. The minimum absolute atomic E-state index is 0.0441. The Morgan fingerprint density at radius 2 is 2.25 bits per heavy atom. The molecule has 2 rings (SSSR count). The number of carbonyl (C=O) groups excluding carboxylic acids is 1. The molecule has 0 bridgehead atoms. The molecule has 1 saturated heterocycles. The molecule has 4 nitrogen and oxygen atoms in total. The van der Waals surface area contributed by atoms with E-state index in [1.807, 2.05) is 24.3 Å². The number of piperidine rings is 1. The van der Waals surface area contributed by atoms with Gasteiger partial charge in [-0.3, -0.25) is 9.69 Å². The van der Waals surface area contributed by atoms with Crippen molar-refractivity contribution in [3.8, 4) is 0 Å². The predicted molar refractivity (Wildman–Crippen MR) is 81.5 cm³/mol. The van der Waals surface area contributed by atoms with Gasteiger partial charge >= 0.3 is 0 Å². The van der Waals surface area contributed by atoms with Crippen LogP contribution in [0.2, 0.25) is 5.02 Å². The zero-order valence-corrected chi connectivity index (χ0v) is 12.4. The first-order chi connectivity index (χ1) is 9.69. The SMILES string of the molecule is NCC1CCCN(CC(=O)NCc2ccccc2Cl)C1. The van der Waals surface area contributed by atoms with Gasteiger partial charge in [0.05, 0.1) is 6.54 Å². The summed E-state index contributed by atoms with van der Waals surface area (Å²) >= 11 is 6.06. The van der Waals surface area contributed by atoms with Crippen LogP contribution >= 0.6 is 11.6 Å². The largest absolute Gasteiger partial charge is 0.351 e. The maximum Gasteiger partial charge on any atom is 0.234 e.